The highest BCUT2D eigenvalue weighted by Crippen LogP contribution is 2.48. The fraction of sp³-hybridized carbons (Fsp3) is 0.429. The topological polar surface area (TPSA) is 110 Å². The number of aliphatic carboxylic acids is 1. The summed E-state index contributed by atoms with van der Waals surface area (Å²) in [6.07, 6.45) is 0.208. The van der Waals surface area contributed by atoms with Gasteiger partial charge in [-0.1, -0.05) is 30.5 Å². The van der Waals surface area contributed by atoms with Crippen LogP contribution >= 0.6 is 23.4 Å². The van der Waals surface area contributed by atoms with Crippen molar-refractivity contribution in [3.8, 4) is 0 Å². The Morgan fingerprint density at radius 3 is 2.42 bits per heavy atom. The summed E-state index contributed by atoms with van der Waals surface area (Å²) in [6.45, 7) is 3.06. The Labute approximate surface area is 240 Å². The molecule has 2 aromatic rings. The van der Waals surface area contributed by atoms with E-state index in [1.807, 2.05) is 0 Å². The second-order valence-corrected chi connectivity index (χ2v) is 11.3. The summed E-state index contributed by atoms with van der Waals surface area (Å²) < 4.78 is 40.0. The number of hydrogen-bond acceptors (Lipinski definition) is 7. The fourth-order valence-corrected chi connectivity index (χ4v) is 6.33. The van der Waals surface area contributed by atoms with Crippen LogP contribution in [-0.2, 0) is 23.9 Å². The first-order valence-corrected chi connectivity index (χ1v) is 13.8. The van der Waals surface area contributed by atoms with Crippen LogP contribution in [0.5, 0.6) is 0 Å². The zero-order chi connectivity index (χ0) is 29.8. The average molecular weight is 598 g/mol. The number of esters is 1. The van der Waals surface area contributed by atoms with Crippen LogP contribution in [0.15, 0.2) is 41.3 Å². The summed E-state index contributed by atoms with van der Waals surface area (Å²) in [5.41, 5.74) is -2.54. The van der Waals surface area contributed by atoms with Crippen LogP contribution in [0.3, 0.4) is 0 Å². The number of thioether (sulfide) groups is 1. The summed E-state index contributed by atoms with van der Waals surface area (Å²) in [7, 11) is 2.52. The molecule has 1 saturated carbocycles. The van der Waals surface area contributed by atoms with Crippen LogP contribution in [0.2, 0.25) is 5.02 Å². The molecule has 0 heterocycles. The minimum atomic E-state index is -1.75. The molecule has 4 atom stereocenters. The zero-order valence-corrected chi connectivity index (χ0v) is 24.0. The van der Waals surface area contributed by atoms with Crippen molar-refractivity contribution in [1.82, 2.24) is 0 Å². The molecule has 1 fully saturated rings. The van der Waals surface area contributed by atoms with Gasteiger partial charge in [-0.15, -0.1) is 11.8 Å². The van der Waals surface area contributed by atoms with E-state index in [0.29, 0.717) is 17.7 Å². The Kier molecular flexibility index (Phi) is 10.3. The molecule has 1 aliphatic rings. The number of ether oxygens (including phenoxy) is 2. The van der Waals surface area contributed by atoms with Gasteiger partial charge in [0, 0.05) is 17.6 Å². The molecule has 1 aliphatic carbocycles. The lowest BCUT2D eigenvalue weighted by atomic mass is 9.62. The monoisotopic (exact) mass is 597 g/mol. The van der Waals surface area contributed by atoms with Gasteiger partial charge in [-0.25, -0.2) is 13.7 Å². The summed E-state index contributed by atoms with van der Waals surface area (Å²) >= 11 is 7.17. The number of carbonyl (C=O) groups excluding carboxylic acids is 3. The molecule has 0 aliphatic heterocycles. The quantitative estimate of drug-likeness (QED) is 0.221. The van der Waals surface area contributed by atoms with E-state index in [0.717, 1.165) is 36.0 Å². The molecular weight excluding hydrogens is 568 g/mol. The maximum atomic E-state index is 15.6. The Bertz CT molecular complexity index is 1310. The summed E-state index contributed by atoms with van der Waals surface area (Å²) in [4.78, 5) is 53.6. The van der Waals surface area contributed by atoms with E-state index in [4.69, 9.17) is 21.1 Å². The summed E-state index contributed by atoms with van der Waals surface area (Å²) in [5.74, 6) is -6.97. The standard InChI is InChI=1S/C28H30ClF2NO7S/c1-15(26(36)39-4)40-23-14-22(21(31)13-20(23)29)32(24(33)17-8-7-9-18(30)12-17)27(37)28(16(2)38-3)11-6-5-10-19(28)25(34)35/h7-9,12-16,19H,5-6,10-11H2,1-4H3,(H,34,35). The number of methoxy groups -OCH3 is 2. The Balaban J connectivity index is 2.28. The number of carboxylic acid groups (broad SMARTS) is 1. The number of hydrogen-bond donors (Lipinski definition) is 1. The molecule has 0 radical (unpaired) electrons. The van der Waals surface area contributed by atoms with Crippen LogP contribution in [0.1, 0.15) is 49.9 Å². The number of rotatable bonds is 9. The van der Waals surface area contributed by atoms with Crippen molar-refractivity contribution >= 4 is 52.8 Å². The van der Waals surface area contributed by atoms with Crippen molar-refractivity contribution in [2.75, 3.05) is 19.1 Å². The third kappa shape index (κ3) is 6.16. The summed E-state index contributed by atoms with van der Waals surface area (Å²) in [5, 5.41) is 9.25. The largest absolute Gasteiger partial charge is 0.481 e. The van der Waals surface area contributed by atoms with Crippen LogP contribution in [-0.4, -0.2) is 54.4 Å². The lowest BCUT2D eigenvalue weighted by Crippen LogP contribution is -2.59. The van der Waals surface area contributed by atoms with Crippen molar-refractivity contribution in [1.29, 1.82) is 0 Å². The fourth-order valence-electron chi connectivity index (χ4n) is 5.12. The van der Waals surface area contributed by atoms with E-state index < -0.39 is 63.8 Å². The normalized spacial score (nSPS) is 20.3. The summed E-state index contributed by atoms with van der Waals surface area (Å²) in [6, 6.07) is 6.55. The van der Waals surface area contributed by atoms with Gasteiger partial charge in [0.2, 0.25) is 5.91 Å². The van der Waals surface area contributed by atoms with E-state index in [1.165, 1.54) is 40.2 Å². The first-order valence-electron chi connectivity index (χ1n) is 12.5. The number of halogens is 3. The molecule has 0 saturated heterocycles. The smallest absolute Gasteiger partial charge is 0.318 e. The predicted octanol–water partition coefficient (Wildman–Crippen LogP) is 5.74. The second kappa shape index (κ2) is 13.1. The van der Waals surface area contributed by atoms with Crippen molar-refractivity contribution in [3.05, 3.63) is 58.6 Å². The van der Waals surface area contributed by atoms with Gasteiger partial charge in [0.05, 0.1) is 35.3 Å². The Morgan fingerprint density at radius 1 is 1.12 bits per heavy atom. The number of anilines is 1. The Hall–Kier alpha value is -3.02. The Morgan fingerprint density at radius 2 is 1.82 bits per heavy atom. The number of amides is 2. The van der Waals surface area contributed by atoms with Crippen molar-refractivity contribution in [2.45, 2.75) is 55.8 Å². The average Bonchev–Trinajstić information content (AvgIpc) is 2.93. The number of imide groups is 1. The lowest BCUT2D eigenvalue weighted by molar-refractivity contribution is -0.164. The van der Waals surface area contributed by atoms with E-state index >= 15 is 4.39 Å². The molecule has 2 aromatic carbocycles. The number of carboxylic acids is 1. The third-order valence-corrected chi connectivity index (χ3v) is 8.85. The van der Waals surface area contributed by atoms with E-state index in [-0.39, 0.29) is 28.3 Å². The molecule has 0 aromatic heterocycles. The van der Waals surface area contributed by atoms with Crippen LogP contribution in [0.25, 0.3) is 0 Å². The highest BCUT2D eigenvalue weighted by Gasteiger charge is 2.57. The highest BCUT2D eigenvalue weighted by atomic mass is 35.5. The maximum absolute atomic E-state index is 15.6. The predicted molar refractivity (Wildman–Crippen MR) is 145 cm³/mol. The van der Waals surface area contributed by atoms with E-state index in [2.05, 4.69) is 0 Å². The zero-order valence-electron chi connectivity index (χ0n) is 22.4. The molecule has 0 bridgehead atoms. The minimum absolute atomic E-state index is 0.0565. The molecular formula is C28H30ClF2NO7S. The molecule has 216 valence electrons. The lowest BCUT2D eigenvalue weighted by Gasteiger charge is -2.46. The van der Waals surface area contributed by atoms with Gasteiger partial charge >= 0.3 is 11.9 Å². The highest BCUT2D eigenvalue weighted by molar-refractivity contribution is 8.00. The molecule has 4 unspecified atom stereocenters. The van der Waals surface area contributed by atoms with Gasteiger partial charge in [0.25, 0.3) is 5.91 Å². The third-order valence-electron chi connectivity index (χ3n) is 7.29. The molecule has 40 heavy (non-hydrogen) atoms. The van der Waals surface area contributed by atoms with E-state index in [9.17, 15) is 28.7 Å². The number of benzene rings is 2. The molecule has 2 amide bonds. The maximum Gasteiger partial charge on any atom is 0.318 e. The molecule has 1 N–H and O–H groups in total. The van der Waals surface area contributed by atoms with E-state index in [1.54, 1.807) is 0 Å². The number of carbonyl (C=O) groups is 4. The van der Waals surface area contributed by atoms with Crippen LogP contribution < -0.4 is 4.90 Å². The van der Waals surface area contributed by atoms with Gasteiger partial charge in [-0.3, -0.25) is 19.2 Å². The molecule has 12 heteroatoms. The van der Waals surface area contributed by atoms with Gasteiger partial charge in [-0.05, 0) is 57.0 Å². The van der Waals surface area contributed by atoms with Crippen molar-refractivity contribution in [3.63, 3.8) is 0 Å². The van der Waals surface area contributed by atoms with Crippen LogP contribution in [0.4, 0.5) is 14.5 Å². The van der Waals surface area contributed by atoms with Crippen LogP contribution in [0, 0.1) is 23.0 Å². The van der Waals surface area contributed by atoms with Gasteiger partial charge in [0.1, 0.15) is 16.9 Å². The molecule has 3 rings (SSSR count). The van der Waals surface area contributed by atoms with Gasteiger partial charge in [-0.2, -0.15) is 0 Å². The van der Waals surface area contributed by atoms with Crippen molar-refractivity contribution < 1.29 is 42.5 Å². The molecule has 8 nitrogen and oxygen atoms in total. The SMILES string of the molecule is COC(=O)C(C)Sc1cc(N(C(=O)c2cccc(F)c2)C(=O)C2(C(C)OC)CCCCC2C(=O)O)c(F)cc1Cl. The molecule has 0 spiro atoms. The van der Waals surface area contributed by atoms with Crippen molar-refractivity contribution in [2.24, 2.45) is 11.3 Å². The first-order chi connectivity index (χ1) is 18.9. The minimum Gasteiger partial charge on any atom is -0.481 e. The van der Waals surface area contributed by atoms with Gasteiger partial charge in [0.15, 0.2) is 0 Å². The number of nitrogens with zero attached hydrogens (tertiary/aromatic N) is 1. The second-order valence-electron chi connectivity index (χ2n) is 9.53. The first kappa shape index (κ1) is 31.5. The van der Waals surface area contributed by atoms with Gasteiger partial charge < -0.3 is 14.6 Å².